The third-order valence-electron chi connectivity index (χ3n) is 11.1. The fourth-order valence-electron chi connectivity index (χ4n) is 7.51. The summed E-state index contributed by atoms with van der Waals surface area (Å²) in [7, 11) is 0. The molecule has 0 spiro atoms. The van der Waals surface area contributed by atoms with Gasteiger partial charge >= 0.3 is 11.9 Å². The molecule has 0 saturated heterocycles. The predicted octanol–water partition coefficient (Wildman–Crippen LogP) is 13.3. The van der Waals surface area contributed by atoms with Gasteiger partial charge in [0.15, 0.2) is 11.5 Å². The van der Waals surface area contributed by atoms with Crippen molar-refractivity contribution in [2.24, 2.45) is 0 Å². The quantitative estimate of drug-likeness (QED) is 0.0444. The Balaban J connectivity index is 1.40. The van der Waals surface area contributed by atoms with E-state index in [-0.39, 0.29) is 11.9 Å². The largest absolute Gasteiger partial charge is 0.487 e. The Bertz CT molecular complexity index is 1490. The van der Waals surface area contributed by atoms with E-state index < -0.39 is 0 Å². The molecule has 9 heteroatoms. The van der Waals surface area contributed by atoms with Gasteiger partial charge < -0.3 is 33.2 Å². The molecule has 0 fully saturated rings. The summed E-state index contributed by atoms with van der Waals surface area (Å²) in [6, 6.07) is 19.2. The number of fused-ring (bicyclic) bond motifs is 1. The van der Waals surface area contributed by atoms with Crippen molar-refractivity contribution in [1.82, 2.24) is 0 Å². The van der Waals surface area contributed by atoms with Crippen LogP contribution in [0.4, 0.5) is 0 Å². The highest BCUT2D eigenvalue weighted by atomic mass is 16.6. The minimum Gasteiger partial charge on any atom is -0.487 e. The lowest BCUT2D eigenvalue weighted by Crippen LogP contribution is -2.13. The highest BCUT2D eigenvalue weighted by Crippen LogP contribution is 2.42. The molecule has 338 valence electrons. The van der Waals surface area contributed by atoms with Crippen LogP contribution in [-0.2, 0) is 23.8 Å². The molecule has 9 nitrogen and oxygen atoms in total. The monoisotopic (exact) mass is 845 g/mol. The molecule has 1 heterocycles. The molecule has 0 atom stereocenters. The van der Waals surface area contributed by atoms with E-state index in [1.54, 1.807) is 0 Å². The van der Waals surface area contributed by atoms with Crippen LogP contribution in [0.15, 0.2) is 60.7 Å². The van der Waals surface area contributed by atoms with Gasteiger partial charge in [0.2, 0.25) is 0 Å². The molecule has 0 radical (unpaired) electrons. The molecule has 3 aromatic carbocycles. The molecular formula is C52H76O9. The van der Waals surface area contributed by atoms with E-state index in [9.17, 15) is 9.59 Å². The number of ether oxygens (including phenoxy) is 7. The van der Waals surface area contributed by atoms with Crippen LogP contribution < -0.4 is 18.9 Å². The number of rotatable bonds is 26. The Morgan fingerprint density at radius 3 is 1.03 bits per heavy atom. The molecule has 0 N–H and O–H groups in total. The van der Waals surface area contributed by atoms with Crippen molar-refractivity contribution in [1.29, 1.82) is 0 Å². The van der Waals surface area contributed by atoms with E-state index in [0.29, 0.717) is 88.7 Å². The van der Waals surface area contributed by atoms with Gasteiger partial charge in [-0.2, -0.15) is 0 Å². The van der Waals surface area contributed by atoms with E-state index in [0.717, 1.165) is 60.8 Å². The van der Waals surface area contributed by atoms with Crippen molar-refractivity contribution in [2.75, 3.05) is 52.9 Å². The number of carbonyl (C=O) groups excluding carboxylic acids is 2. The number of hydrogen-bond donors (Lipinski definition) is 0. The summed E-state index contributed by atoms with van der Waals surface area (Å²) >= 11 is 0. The van der Waals surface area contributed by atoms with Crippen molar-refractivity contribution >= 4 is 11.9 Å². The average Bonchev–Trinajstić information content (AvgIpc) is 3.28. The van der Waals surface area contributed by atoms with E-state index in [1.165, 1.54) is 89.9 Å². The van der Waals surface area contributed by atoms with Crippen LogP contribution in [0.1, 0.15) is 155 Å². The summed E-state index contributed by atoms with van der Waals surface area (Å²) in [6.45, 7) is 7.88. The van der Waals surface area contributed by atoms with E-state index in [1.807, 2.05) is 60.7 Å². The normalized spacial score (nSPS) is 13.9. The SMILES string of the molecule is CCCCCCCCCCCCC(=O)Oc1ccc(-c2cc3c(cc2-c2ccc(OC(=O)CCCCCCCCCCCC)cc2)OCCOCCOCCOCCO3)cc1. The summed E-state index contributed by atoms with van der Waals surface area (Å²) in [4.78, 5) is 25.5. The topological polar surface area (TPSA) is 98.8 Å². The van der Waals surface area contributed by atoms with Crippen LogP contribution in [0, 0.1) is 0 Å². The van der Waals surface area contributed by atoms with Crippen molar-refractivity contribution < 1.29 is 42.7 Å². The molecule has 0 bridgehead atoms. The first-order valence-electron chi connectivity index (χ1n) is 23.9. The third-order valence-corrected chi connectivity index (χ3v) is 11.1. The standard InChI is InChI=1S/C52H76O9/c1-3-5-7-9-11-13-15-17-19-21-23-51(53)60-45-29-25-43(26-30-45)47-41-49-50(59-40-38-57-36-34-55-33-35-56-37-39-58-49)42-48(47)44-27-31-46(32-28-44)61-52(54)24-22-20-18-16-14-12-10-8-6-4-2/h25-32,41-42H,3-24,33-40H2,1-2H3. The van der Waals surface area contributed by atoms with Crippen molar-refractivity contribution in [3.63, 3.8) is 0 Å². The fraction of sp³-hybridized carbons (Fsp3) is 0.615. The van der Waals surface area contributed by atoms with Crippen LogP contribution in [0.25, 0.3) is 22.3 Å². The predicted molar refractivity (Wildman–Crippen MR) is 245 cm³/mol. The Labute approximate surface area is 367 Å². The second kappa shape index (κ2) is 31.9. The Morgan fingerprint density at radius 1 is 0.410 bits per heavy atom. The van der Waals surface area contributed by atoms with Crippen molar-refractivity contribution in [2.45, 2.75) is 155 Å². The van der Waals surface area contributed by atoms with E-state index >= 15 is 0 Å². The molecule has 0 saturated carbocycles. The summed E-state index contributed by atoms with van der Waals surface area (Å²) in [5.74, 6) is 1.78. The summed E-state index contributed by atoms with van der Waals surface area (Å²) in [6.07, 6.45) is 25.2. The highest BCUT2D eigenvalue weighted by molar-refractivity contribution is 5.86. The lowest BCUT2D eigenvalue weighted by molar-refractivity contribution is -0.135. The van der Waals surface area contributed by atoms with Gasteiger partial charge in [0.1, 0.15) is 24.7 Å². The van der Waals surface area contributed by atoms with Crippen LogP contribution >= 0.6 is 0 Å². The zero-order valence-corrected chi connectivity index (χ0v) is 37.7. The molecule has 4 rings (SSSR count). The number of hydrogen-bond acceptors (Lipinski definition) is 9. The van der Waals surface area contributed by atoms with Crippen LogP contribution in [0.2, 0.25) is 0 Å². The molecular weight excluding hydrogens is 769 g/mol. The average molecular weight is 845 g/mol. The maximum Gasteiger partial charge on any atom is 0.311 e. The molecule has 61 heavy (non-hydrogen) atoms. The molecule has 3 aromatic rings. The van der Waals surface area contributed by atoms with Gasteiger partial charge in [0, 0.05) is 12.8 Å². The van der Waals surface area contributed by atoms with Gasteiger partial charge in [-0.15, -0.1) is 0 Å². The van der Waals surface area contributed by atoms with E-state index in [4.69, 9.17) is 33.2 Å². The maximum absolute atomic E-state index is 12.7. The van der Waals surface area contributed by atoms with Gasteiger partial charge in [-0.1, -0.05) is 154 Å². The lowest BCUT2D eigenvalue weighted by atomic mass is 9.93. The van der Waals surface area contributed by atoms with Gasteiger partial charge in [0.25, 0.3) is 0 Å². The minimum absolute atomic E-state index is 0.206. The van der Waals surface area contributed by atoms with Crippen molar-refractivity contribution in [3.8, 4) is 45.3 Å². The Morgan fingerprint density at radius 2 is 0.705 bits per heavy atom. The first kappa shape index (κ1) is 49.7. The minimum atomic E-state index is -0.206. The molecule has 0 aromatic heterocycles. The maximum atomic E-state index is 12.7. The molecule has 1 aliphatic rings. The Kier molecular flexibility index (Phi) is 26.0. The summed E-state index contributed by atoms with van der Waals surface area (Å²) in [5.41, 5.74) is 3.63. The smallest absolute Gasteiger partial charge is 0.311 e. The zero-order valence-electron chi connectivity index (χ0n) is 37.7. The first-order valence-corrected chi connectivity index (χ1v) is 23.9. The number of unbranched alkanes of at least 4 members (excludes halogenated alkanes) is 18. The van der Waals surface area contributed by atoms with Crippen LogP contribution in [0.5, 0.6) is 23.0 Å². The van der Waals surface area contributed by atoms with Gasteiger partial charge in [-0.05, 0) is 71.5 Å². The molecule has 1 aliphatic heterocycles. The summed E-state index contributed by atoms with van der Waals surface area (Å²) in [5, 5.41) is 0. The van der Waals surface area contributed by atoms with Crippen LogP contribution in [0.3, 0.4) is 0 Å². The Hall–Kier alpha value is -3.92. The molecule has 0 amide bonds. The molecule has 0 aliphatic carbocycles. The third kappa shape index (κ3) is 21.1. The van der Waals surface area contributed by atoms with Gasteiger partial charge in [-0.3, -0.25) is 9.59 Å². The zero-order chi connectivity index (χ0) is 43.0. The van der Waals surface area contributed by atoms with Crippen LogP contribution in [-0.4, -0.2) is 64.8 Å². The number of benzene rings is 3. The number of carbonyl (C=O) groups is 2. The number of esters is 2. The second-order valence-electron chi connectivity index (χ2n) is 16.2. The van der Waals surface area contributed by atoms with Crippen molar-refractivity contribution in [3.05, 3.63) is 60.7 Å². The van der Waals surface area contributed by atoms with E-state index in [2.05, 4.69) is 13.8 Å². The first-order chi connectivity index (χ1) is 30.1. The summed E-state index contributed by atoms with van der Waals surface area (Å²) < 4.78 is 41.0. The fourth-order valence-corrected chi connectivity index (χ4v) is 7.51. The lowest BCUT2D eigenvalue weighted by Gasteiger charge is -2.19. The highest BCUT2D eigenvalue weighted by Gasteiger charge is 2.17. The van der Waals surface area contributed by atoms with Gasteiger partial charge in [-0.25, -0.2) is 0 Å². The molecule has 0 unspecified atom stereocenters. The second-order valence-corrected chi connectivity index (χ2v) is 16.2. The van der Waals surface area contributed by atoms with Gasteiger partial charge in [0.05, 0.1) is 39.6 Å².